The van der Waals surface area contributed by atoms with Crippen molar-refractivity contribution in [2.75, 3.05) is 0 Å². The number of rotatable bonds is 5. The summed E-state index contributed by atoms with van der Waals surface area (Å²) in [5.74, 6) is -0.121. The maximum absolute atomic E-state index is 12.4. The first kappa shape index (κ1) is 19.0. The number of nitrogens with two attached hydrogens (primary N) is 1. The highest BCUT2D eigenvalue weighted by Gasteiger charge is 2.16. The SMILES string of the molecule is C=C(N)NC(=O)Cc1c(-c2cccc(Cl)c2)cccc1-c1cccc(Cl)c1. The number of carbonyl (C=O) groups excluding carboxylic acids is 1. The van der Waals surface area contributed by atoms with Crippen LogP contribution in [0.3, 0.4) is 0 Å². The number of halogens is 2. The van der Waals surface area contributed by atoms with E-state index in [1.807, 2.05) is 66.7 Å². The molecule has 0 unspecified atom stereocenters. The van der Waals surface area contributed by atoms with Crippen LogP contribution in [0.4, 0.5) is 0 Å². The molecule has 136 valence electrons. The number of hydrogen-bond donors (Lipinski definition) is 2. The van der Waals surface area contributed by atoms with E-state index in [1.54, 1.807) is 0 Å². The van der Waals surface area contributed by atoms with Gasteiger partial charge in [0.2, 0.25) is 5.91 Å². The second-order valence-corrected chi connectivity index (χ2v) is 6.98. The zero-order chi connectivity index (χ0) is 19.4. The Kier molecular flexibility index (Phi) is 5.84. The molecule has 0 heterocycles. The lowest BCUT2D eigenvalue weighted by atomic mass is 9.90. The second kappa shape index (κ2) is 8.30. The molecule has 0 saturated carbocycles. The van der Waals surface area contributed by atoms with Crippen molar-refractivity contribution in [3.05, 3.63) is 94.7 Å². The standard InChI is InChI=1S/C22H18Cl2N2O/c1-14(25)26-22(27)13-21-19(15-5-2-7-17(23)11-15)9-4-10-20(21)16-6-3-8-18(24)12-16/h2-12H,1,13,25H2,(H,26,27). The molecule has 3 rings (SSSR count). The summed E-state index contributed by atoms with van der Waals surface area (Å²) in [4.78, 5) is 12.4. The molecule has 0 atom stereocenters. The van der Waals surface area contributed by atoms with Crippen LogP contribution in [0, 0.1) is 0 Å². The van der Waals surface area contributed by atoms with E-state index in [4.69, 9.17) is 28.9 Å². The Morgan fingerprint density at radius 3 is 1.81 bits per heavy atom. The molecule has 3 nitrogen and oxygen atoms in total. The van der Waals surface area contributed by atoms with Gasteiger partial charge in [0, 0.05) is 10.0 Å². The minimum Gasteiger partial charge on any atom is -0.386 e. The van der Waals surface area contributed by atoms with E-state index >= 15 is 0 Å². The van der Waals surface area contributed by atoms with Crippen molar-refractivity contribution in [2.24, 2.45) is 5.73 Å². The Balaban J connectivity index is 2.17. The van der Waals surface area contributed by atoms with Crippen LogP contribution < -0.4 is 11.1 Å². The van der Waals surface area contributed by atoms with Crippen molar-refractivity contribution < 1.29 is 4.79 Å². The maximum Gasteiger partial charge on any atom is 0.229 e. The number of hydrogen-bond acceptors (Lipinski definition) is 2. The summed E-state index contributed by atoms with van der Waals surface area (Å²) in [7, 11) is 0. The third kappa shape index (κ3) is 4.70. The topological polar surface area (TPSA) is 55.1 Å². The summed E-state index contributed by atoms with van der Waals surface area (Å²) in [5.41, 5.74) is 10.1. The third-order valence-electron chi connectivity index (χ3n) is 4.08. The van der Waals surface area contributed by atoms with Crippen LogP contribution in [0.2, 0.25) is 10.0 Å². The molecule has 0 radical (unpaired) electrons. The average molecular weight is 397 g/mol. The largest absolute Gasteiger partial charge is 0.386 e. The predicted molar refractivity (Wildman–Crippen MR) is 113 cm³/mol. The van der Waals surface area contributed by atoms with Gasteiger partial charge in [-0.05, 0) is 52.1 Å². The molecule has 0 saturated heterocycles. The second-order valence-electron chi connectivity index (χ2n) is 6.10. The van der Waals surface area contributed by atoms with Crippen molar-refractivity contribution in [3.8, 4) is 22.3 Å². The van der Waals surface area contributed by atoms with Gasteiger partial charge in [0.25, 0.3) is 0 Å². The molecule has 0 aliphatic rings. The third-order valence-corrected chi connectivity index (χ3v) is 4.55. The van der Waals surface area contributed by atoms with Crippen LogP contribution in [-0.4, -0.2) is 5.91 Å². The number of amides is 1. The fraction of sp³-hybridized carbons (Fsp3) is 0.0455. The molecule has 27 heavy (non-hydrogen) atoms. The number of nitrogens with one attached hydrogen (secondary N) is 1. The van der Waals surface area contributed by atoms with Gasteiger partial charge in [-0.1, -0.05) is 72.2 Å². The summed E-state index contributed by atoms with van der Waals surface area (Å²) < 4.78 is 0. The molecule has 0 fully saturated rings. The van der Waals surface area contributed by atoms with Crippen molar-refractivity contribution in [1.29, 1.82) is 0 Å². The first-order chi connectivity index (χ1) is 12.9. The summed E-state index contributed by atoms with van der Waals surface area (Å²) in [6.07, 6.45) is 0.140. The summed E-state index contributed by atoms with van der Waals surface area (Å²) in [6, 6.07) is 21.0. The molecule has 3 N–H and O–H groups in total. The molecule has 0 aliphatic heterocycles. The molecular weight excluding hydrogens is 379 g/mol. The summed E-state index contributed by atoms with van der Waals surface area (Å²) >= 11 is 12.3. The van der Waals surface area contributed by atoms with Crippen LogP contribution in [0.15, 0.2) is 79.1 Å². The fourth-order valence-corrected chi connectivity index (χ4v) is 3.39. The van der Waals surface area contributed by atoms with Gasteiger partial charge in [-0.2, -0.15) is 0 Å². The zero-order valence-corrected chi connectivity index (χ0v) is 16.0. The van der Waals surface area contributed by atoms with Gasteiger partial charge < -0.3 is 11.1 Å². The highest BCUT2D eigenvalue weighted by Crippen LogP contribution is 2.34. The van der Waals surface area contributed by atoms with E-state index in [0.29, 0.717) is 10.0 Å². The highest BCUT2D eigenvalue weighted by atomic mass is 35.5. The lowest BCUT2D eigenvalue weighted by Crippen LogP contribution is -2.28. The summed E-state index contributed by atoms with van der Waals surface area (Å²) in [6.45, 7) is 3.53. The Morgan fingerprint density at radius 2 is 1.37 bits per heavy atom. The van der Waals surface area contributed by atoms with Crippen LogP contribution in [0.1, 0.15) is 5.56 Å². The van der Waals surface area contributed by atoms with Crippen LogP contribution in [0.25, 0.3) is 22.3 Å². The number of benzene rings is 3. The van der Waals surface area contributed by atoms with E-state index in [2.05, 4.69) is 11.9 Å². The molecule has 3 aromatic rings. The average Bonchev–Trinajstić information content (AvgIpc) is 2.61. The number of carbonyl (C=O) groups is 1. The normalized spacial score (nSPS) is 10.4. The minimum atomic E-state index is -0.236. The van der Waals surface area contributed by atoms with E-state index in [9.17, 15) is 4.79 Å². The maximum atomic E-state index is 12.4. The van der Waals surface area contributed by atoms with Gasteiger partial charge in [0.15, 0.2) is 0 Å². The van der Waals surface area contributed by atoms with E-state index < -0.39 is 0 Å². The Morgan fingerprint density at radius 1 is 0.889 bits per heavy atom. The Bertz CT molecular complexity index is 951. The minimum absolute atomic E-state index is 0.115. The molecule has 1 amide bonds. The Labute approximate surface area is 168 Å². The van der Waals surface area contributed by atoms with Crippen LogP contribution >= 0.6 is 23.2 Å². The van der Waals surface area contributed by atoms with Gasteiger partial charge >= 0.3 is 0 Å². The van der Waals surface area contributed by atoms with E-state index in [-0.39, 0.29) is 18.1 Å². The molecule has 0 aromatic heterocycles. The van der Waals surface area contributed by atoms with Gasteiger partial charge in [0.05, 0.1) is 12.2 Å². The smallest absolute Gasteiger partial charge is 0.229 e. The first-order valence-electron chi connectivity index (χ1n) is 8.32. The molecule has 0 spiro atoms. The molecular formula is C22H18Cl2N2O. The quantitative estimate of drug-likeness (QED) is 0.604. The van der Waals surface area contributed by atoms with Gasteiger partial charge in [-0.25, -0.2) is 0 Å². The van der Waals surface area contributed by atoms with E-state index in [0.717, 1.165) is 27.8 Å². The van der Waals surface area contributed by atoms with Crippen molar-refractivity contribution >= 4 is 29.1 Å². The van der Waals surface area contributed by atoms with Crippen molar-refractivity contribution in [2.45, 2.75) is 6.42 Å². The molecule has 3 aromatic carbocycles. The van der Waals surface area contributed by atoms with Gasteiger partial charge in [0.1, 0.15) is 0 Å². The Hall–Kier alpha value is -2.75. The zero-order valence-electron chi connectivity index (χ0n) is 14.5. The monoisotopic (exact) mass is 396 g/mol. The molecule has 0 aliphatic carbocycles. The van der Waals surface area contributed by atoms with E-state index in [1.165, 1.54) is 0 Å². The van der Waals surface area contributed by atoms with Crippen molar-refractivity contribution in [1.82, 2.24) is 5.32 Å². The molecule has 5 heteroatoms. The van der Waals surface area contributed by atoms with Crippen LogP contribution in [-0.2, 0) is 11.2 Å². The van der Waals surface area contributed by atoms with Crippen molar-refractivity contribution in [3.63, 3.8) is 0 Å². The lowest BCUT2D eigenvalue weighted by Gasteiger charge is -2.16. The molecule has 0 bridgehead atoms. The highest BCUT2D eigenvalue weighted by molar-refractivity contribution is 6.31. The fourth-order valence-electron chi connectivity index (χ4n) is 3.01. The predicted octanol–water partition coefficient (Wildman–Crippen LogP) is 5.42. The van der Waals surface area contributed by atoms with Gasteiger partial charge in [-0.15, -0.1) is 0 Å². The first-order valence-corrected chi connectivity index (χ1v) is 9.07. The lowest BCUT2D eigenvalue weighted by molar-refractivity contribution is -0.119. The van der Waals surface area contributed by atoms with Gasteiger partial charge in [-0.3, -0.25) is 4.79 Å². The van der Waals surface area contributed by atoms with Crippen LogP contribution in [0.5, 0.6) is 0 Å². The summed E-state index contributed by atoms with van der Waals surface area (Å²) in [5, 5.41) is 3.83.